The standard InChI is InChI=1S/C11H13F4N3/c1-18(9-5-3-2-4-8(9)12)6-7(10(16)17)11(13,14)15/h2-5,7H,6H2,1H3,(H3,16,17). The Labute approximate surface area is 102 Å². The predicted octanol–water partition coefficient (Wildman–Crippen LogP) is 2.38. The van der Waals surface area contributed by atoms with Crippen LogP contribution in [0.5, 0.6) is 0 Å². The Kier molecular flexibility index (Phi) is 4.15. The maximum atomic E-state index is 13.4. The molecule has 0 aromatic heterocycles. The van der Waals surface area contributed by atoms with Gasteiger partial charge in [-0.3, -0.25) is 5.41 Å². The zero-order valence-corrected chi connectivity index (χ0v) is 9.63. The first-order valence-corrected chi connectivity index (χ1v) is 5.09. The molecule has 1 rings (SSSR count). The first-order valence-electron chi connectivity index (χ1n) is 5.09. The van der Waals surface area contributed by atoms with Crippen molar-refractivity contribution in [3.05, 3.63) is 30.1 Å². The van der Waals surface area contributed by atoms with Crippen molar-refractivity contribution >= 4 is 11.5 Å². The van der Waals surface area contributed by atoms with E-state index in [1.807, 2.05) is 0 Å². The number of anilines is 1. The maximum Gasteiger partial charge on any atom is 0.400 e. The van der Waals surface area contributed by atoms with Gasteiger partial charge in [-0.05, 0) is 12.1 Å². The normalized spacial score (nSPS) is 13.2. The van der Waals surface area contributed by atoms with E-state index >= 15 is 0 Å². The van der Waals surface area contributed by atoms with Gasteiger partial charge in [0.2, 0.25) is 0 Å². The van der Waals surface area contributed by atoms with E-state index in [0.29, 0.717) is 0 Å². The van der Waals surface area contributed by atoms with Gasteiger partial charge in [0.25, 0.3) is 0 Å². The molecule has 1 aromatic rings. The lowest BCUT2D eigenvalue weighted by Gasteiger charge is -2.26. The highest BCUT2D eigenvalue weighted by Crippen LogP contribution is 2.28. The molecule has 0 amide bonds. The van der Waals surface area contributed by atoms with E-state index in [1.165, 1.54) is 25.2 Å². The molecule has 3 N–H and O–H groups in total. The monoisotopic (exact) mass is 263 g/mol. The third-order valence-electron chi connectivity index (χ3n) is 2.49. The van der Waals surface area contributed by atoms with Crippen LogP contribution in [0.25, 0.3) is 0 Å². The van der Waals surface area contributed by atoms with Crippen molar-refractivity contribution in [1.29, 1.82) is 5.41 Å². The van der Waals surface area contributed by atoms with Crippen molar-refractivity contribution in [3.8, 4) is 0 Å². The number of para-hydroxylation sites is 1. The van der Waals surface area contributed by atoms with Crippen molar-refractivity contribution in [2.24, 2.45) is 11.7 Å². The summed E-state index contributed by atoms with van der Waals surface area (Å²) in [6.45, 7) is -0.597. The quantitative estimate of drug-likeness (QED) is 0.498. The molecule has 1 atom stereocenters. The fraction of sp³-hybridized carbons (Fsp3) is 0.364. The van der Waals surface area contributed by atoms with Crippen LogP contribution in [-0.4, -0.2) is 25.6 Å². The molecule has 0 aliphatic carbocycles. The summed E-state index contributed by atoms with van der Waals surface area (Å²) in [7, 11) is 1.32. The summed E-state index contributed by atoms with van der Waals surface area (Å²) in [5, 5.41) is 6.95. The summed E-state index contributed by atoms with van der Waals surface area (Å²) in [6.07, 6.45) is -4.62. The minimum atomic E-state index is -4.62. The number of nitrogens with zero attached hydrogens (tertiary/aromatic N) is 1. The highest BCUT2D eigenvalue weighted by atomic mass is 19.4. The van der Waals surface area contributed by atoms with E-state index in [1.54, 1.807) is 0 Å². The van der Waals surface area contributed by atoms with Gasteiger partial charge in [0, 0.05) is 13.6 Å². The van der Waals surface area contributed by atoms with Gasteiger partial charge in [-0.1, -0.05) is 12.1 Å². The lowest BCUT2D eigenvalue weighted by atomic mass is 10.1. The van der Waals surface area contributed by atoms with E-state index in [2.05, 4.69) is 0 Å². The molecule has 1 aromatic carbocycles. The number of rotatable bonds is 4. The fourth-order valence-electron chi connectivity index (χ4n) is 1.51. The van der Waals surface area contributed by atoms with Crippen molar-refractivity contribution in [3.63, 3.8) is 0 Å². The minimum absolute atomic E-state index is 0.0352. The Bertz CT molecular complexity index is 431. The molecule has 0 fully saturated rings. The van der Waals surface area contributed by atoms with Crippen molar-refractivity contribution in [1.82, 2.24) is 0 Å². The average Bonchev–Trinajstić information content (AvgIpc) is 2.24. The average molecular weight is 263 g/mol. The number of benzene rings is 1. The molecule has 1 unspecified atom stereocenters. The summed E-state index contributed by atoms with van der Waals surface area (Å²) < 4.78 is 51.2. The first kappa shape index (κ1) is 14.3. The van der Waals surface area contributed by atoms with E-state index in [9.17, 15) is 17.6 Å². The maximum absolute atomic E-state index is 13.4. The molecule has 0 spiro atoms. The van der Waals surface area contributed by atoms with Crippen molar-refractivity contribution < 1.29 is 17.6 Å². The summed E-state index contributed by atoms with van der Waals surface area (Å²) >= 11 is 0. The molecule has 0 saturated carbocycles. The smallest absolute Gasteiger partial charge is 0.387 e. The number of amidine groups is 1. The van der Waals surface area contributed by atoms with Crippen LogP contribution < -0.4 is 10.6 Å². The third kappa shape index (κ3) is 3.35. The van der Waals surface area contributed by atoms with Crippen LogP contribution in [-0.2, 0) is 0 Å². The van der Waals surface area contributed by atoms with Gasteiger partial charge in [-0.2, -0.15) is 13.2 Å². The predicted molar refractivity (Wildman–Crippen MR) is 61.1 cm³/mol. The number of nitrogens with one attached hydrogen (secondary N) is 1. The van der Waals surface area contributed by atoms with Crippen molar-refractivity contribution in [2.75, 3.05) is 18.5 Å². The molecule has 7 heteroatoms. The topological polar surface area (TPSA) is 53.1 Å². The van der Waals surface area contributed by atoms with E-state index in [4.69, 9.17) is 11.1 Å². The zero-order valence-electron chi connectivity index (χ0n) is 9.63. The number of alkyl halides is 3. The molecule has 3 nitrogen and oxygen atoms in total. The lowest BCUT2D eigenvalue weighted by Crippen LogP contribution is -2.43. The molecule has 0 bridgehead atoms. The van der Waals surface area contributed by atoms with Crippen LogP contribution in [0.1, 0.15) is 0 Å². The molecule has 0 radical (unpaired) electrons. The number of halogens is 4. The molecule has 18 heavy (non-hydrogen) atoms. The summed E-state index contributed by atoms with van der Waals surface area (Å²) in [5.41, 5.74) is 4.97. The zero-order chi connectivity index (χ0) is 13.9. The summed E-state index contributed by atoms with van der Waals surface area (Å²) in [6, 6.07) is 5.48. The van der Waals surface area contributed by atoms with E-state index < -0.39 is 30.3 Å². The number of hydrogen-bond donors (Lipinski definition) is 2. The molecule has 0 aliphatic heterocycles. The van der Waals surface area contributed by atoms with Gasteiger partial charge in [0.15, 0.2) is 0 Å². The second-order valence-corrected chi connectivity index (χ2v) is 3.88. The molecule has 100 valence electrons. The van der Waals surface area contributed by atoms with Gasteiger partial charge in [0.05, 0.1) is 5.69 Å². The van der Waals surface area contributed by atoms with Gasteiger partial charge < -0.3 is 10.6 Å². The van der Waals surface area contributed by atoms with Crippen molar-refractivity contribution in [2.45, 2.75) is 6.18 Å². The van der Waals surface area contributed by atoms with E-state index in [0.717, 1.165) is 11.0 Å². The Morgan fingerprint density at radius 1 is 1.39 bits per heavy atom. The Hall–Kier alpha value is -1.79. The van der Waals surface area contributed by atoms with Gasteiger partial charge >= 0.3 is 6.18 Å². The summed E-state index contributed by atoms with van der Waals surface area (Å²) in [4.78, 5) is 1.09. The number of hydrogen-bond acceptors (Lipinski definition) is 2. The third-order valence-corrected chi connectivity index (χ3v) is 2.49. The molecular formula is C11H13F4N3. The van der Waals surface area contributed by atoms with Crippen LogP contribution in [0.2, 0.25) is 0 Å². The van der Waals surface area contributed by atoms with Crippen LogP contribution in [0.3, 0.4) is 0 Å². The minimum Gasteiger partial charge on any atom is -0.387 e. The van der Waals surface area contributed by atoms with Gasteiger partial charge in [-0.25, -0.2) is 4.39 Å². The highest BCUT2D eigenvalue weighted by molar-refractivity contribution is 5.81. The number of nitrogens with two attached hydrogens (primary N) is 1. The Balaban J connectivity index is 2.89. The highest BCUT2D eigenvalue weighted by Gasteiger charge is 2.42. The van der Waals surface area contributed by atoms with Crippen LogP contribution in [0.15, 0.2) is 24.3 Å². The largest absolute Gasteiger partial charge is 0.400 e. The SMILES string of the molecule is CN(CC(C(=N)N)C(F)(F)F)c1ccccc1F. The molecular weight excluding hydrogens is 250 g/mol. The van der Waals surface area contributed by atoms with E-state index in [-0.39, 0.29) is 5.69 Å². The van der Waals surface area contributed by atoms with Crippen LogP contribution >= 0.6 is 0 Å². The molecule has 0 aliphatic rings. The second kappa shape index (κ2) is 5.24. The Morgan fingerprint density at radius 2 is 1.94 bits per heavy atom. The molecule has 0 saturated heterocycles. The fourth-order valence-corrected chi connectivity index (χ4v) is 1.51. The van der Waals surface area contributed by atoms with Crippen LogP contribution in [0, 0.1) is 17.1 Å². The lowest BCUT2D eigenvalue weighted by molar-refractivity contribution is -0.153. The molecule has 0 heterocycles. The van der Waals surface area contributed by atoms with Gasteiger partial charge in [-0.15, -0.1) is 0 Å². The Morgan fingerprint density at radius 3 is 2.39 bits per heavy atom. The van der Waals surface area contributed by atoms with Crippen LogP contribution in [0.4, 0.5) is 23.2 Å². The first-order chi connectivity index (χ1) is 8.23. The summed E-state index contributed by atoms with van der Waals surface area (Å²) in [5.74, 6) is -3.71. The second-order valence-electron chi connectivity index (χ2n) is 3.88. The van der Waals surface area contributed by atoms with Gasteiger partial charge in [0.1, 0.15) is 17.6 Å².